The van der Waals surface area contributed by atoms with Gasteiger partial charge in [-0.05, 0) is 30.9 Å². The fourth-order valence-corrected chi connectivity index (χ4v) is 1.48. The standard InChI is InChI=1S/C11H17N/c1-8-6-7-10(9(2)12-8)11(3,4)5/h6-7H,1-5H3. The minimum atomic E-state index is 0.213. The molecule has 0 saturated carbocycles. The first-order chi connectivity index (χ1) is 5.41. The van der Waals surface area contributed by atoms with Crippen LogP contribution in [0.4, 0.5) is 0 Å². The third-order valence-corrected chi connectivity index (χ3v) is 2.03. The zero-order valence-corrected chi connectivity index (χ0v) is 8.60. The molecule has 0 radical (unpaired) electrons. The van der Waals surface area contributed by atoms with Crippen LogP contribution in [-0.4, -0.2) is 4.98 Å². The van der Waals surface area contributed by atoms with Crippen LogP contribution in [0.2, 0.25) is 0 Å². The van der Waals surface area contributed by atoms with Crippen molar-refractivity contribution < 1.29 is 0 Å². The monoisotopic (exact) mass is 163 g/mol. The van der Waals surface area contributed by atoms with E-state index in [0.717, 1.165) is 11.4 Å². The molecule has 0 aliphatic rings. The second-order valence-corrected chi connectivity index (χ2v) is 4.34. The van der Waals surface area contributed by atoms with Crippen molar-refractivity contribution in [1.29, 1.82) is 0 Å². The van der Waals surface area contributed by atoms with Gasteiger partial charge >= 0.3 is 0 Å². The minimum absolute atomic E-state index is 0.213. The molecule has 0 aromatic carbocycles. The van der Waals surface area contributed by atoms with Crippen LogP contribution in [-0.2, 0) is 5.41 Å². The van der Waals surface area contributed by atoms with E-state index in [1.165, 1.54) is 5.56 Å². The second-order valence-electron chi connectivity index (χ2n) is 4.34. The first-order valence-electron chi connectivity index (χ1n) is 4.36. The molecule has 0 bridgehead atoms. The van der Waals surface area contributed by atoms with Gasteiger partial charge in [0.15, 0.2) is 0 Å². The van der Waals surface area contributed by atoms with Gasteiger partial charge < -0.3 is 0 Å². The molecule has 1 rings (SSSR count). The highest BCUT2D eigenvalue weighted by Crippen LogP contribution is 2.24. The average Bonchev–Trinajstić information content (AvgIpc) is 1.83. The Morgan fingerprint density at radius 3 is 2.08 bits per heavy atom. The van der Waals surface area contributed by atoms with E-state index < -0.39 is 0 Å². The Morgan fingerprint density at radius 2 is 1.67 bits per heavy atom. The fourth-order valence-electron chi connectivity index (χ4n) is 1.48. The SMILES string of the molecule is Cc1ccc(C(C)(C)C)c(C)n1. The molecule has 1 nitrogen and oxygen atoms in total. The number of pyridine rings is 1. The molecular formula is C11H17N. The largest absolute Gasteiger partial charge is 0.258 e. The zero-order valence-electron chi connectivity index (χ0n) is 8.60. The summed E-state index contributed by atoms with van der Waals surface area (Å²) in [4.78, 5) is 4.44. The van der Waals surface area contributed by atoms with Crippen LogP contribution in [0.3, 0.4) is 0 Å². The van der Waals surface area contributed by atoms with E-state index >= 15 is 0 Å². The first kappa shape index (κ1) is 9.24. The van der Waals surface area contributed by atoms with Gasteiger partial charge in [-0.25, -0.2) is 0 Å². The van der Waals surface area contributed by atoms with Gasteiger partial charge in [0.2, 0.25) is 0 Å². The third-order valence-electron chi connectivity index (χ3n) is 2.03. The van der Waals surface area contributed by atoms with Gasteiger partial charge in [0.05, 0.1) is 0 Å². The minimum Gasteiger partial charge on any atom is -0.258 e. The lowest BCUT2D eigenvalue weighted by Gasteiger charge is -2.20. The highest BCUT2D eigenvalue weighted by Gasteiger charge is 2.16. The molecule has 0 saturated heterocycles. The van der Waals surface area contributed by atoms with E-state index in [1.807, 2.05) is 6.92 Å². The molecule has 0 aliphatic carbocycles. The van der Waals surface area contributed by atoms with Crippen molar-refractivity contribution in [2.75, 3.05) is 0 Å². The van der Waals surface area contributed by atoms with E-state index in [9.17, 15) is 0 Å². The van der Waals surface area contributed by atoms with Crippen LogP contribution >= 0.6 is 0 Å². The number of hydrogen-bond donors (Lipinski definition) is 0. The summed E-state index contributed by atoms with van der Waals surface area (Å²) in [5.74, 6) is 0. The molecule has 0 N–H and O–H groups in total. The Hall–Kier alpha value is -0.850. The van der Waals surface area contributed by atoms with Crippen molar-refractivity contribution in [1.82, 2.24) is 4.98 Å². The van der Waals surface area contributed by atoms with Crippen molar-refractivity contribution in [3.63, 3.8) is 0 Å². The van der Waals surface area contributed by atoms with Crippen LogP contribution < -0.4 is 0 Å². The average molecular weight is 163 g/mol. The van der Waals surface area contributed by atoms with Gasteiger partial charge in [0.1, 0.15) is 0 Å². The maximum absolute atomic E-state index is 4.44. The van der Waals surface area contributed by atoms with E-state index in [1.54, 1.807) is 0 Å². The highest BCUT2D eigenvalue weighted by atomic mass is 14.7. The predicted molar refractivity (Wildman–Crippen MR) is 52.4 cm³/mol. The lowest BCUT2D eigenvalue weighted by Crippen LogP contribution is -2.14. The molecule has 0 aliphatic heterocycles. The van der Waals surface area contributed by atoms with Crippen molar-refractivity contribution in [2.24, 2.45) is 0 Å². The molecule has 66 valence electrons. The first-order valence-corrected chi connectivity index (χ1v) is 4.36. The zero-order chi connectivity index (χ0) is 9.35. The van der Waals surface area contributed by atoms with Crippen LogP contribution in [0.15, 0.2) is 12.1 Å². The van der Waals surface area contributed by atoms with Crippen LogP contribution in [0, 0.1) is 13.8 Å². The Bertz CT molecular complexity index is 282. The molecule has 1 aromatic heterocycles. The molecule has 0 unspecified atom stereocenters. The van der Waals surface area contributed by atoms with Gasteiger partial charge in [-0.1, -0.05) is 26.8 Å². The van der Waals surface area contributed by atoms with E-state index in [-0.39, 0.29) is 5.41 Å². The van der Waals surface area contributed by atoms with Gasteiger partial charge in [-0.15, -0.1) is 0 Å². The van der Waals surface area contributed by atoms with Crippen LogP contribution in [0.5, 0.6) is 0 Å². The molecule has 0 atom stereocenters. The molecular weight excluding hydrogens is 146 g/mol. The summed E-state index contributed by atoms with van der Waals surface area (Å²) in [7, 11) is 0. The summed E-state index contributed by atoms with van der Waals surface area (Å²) in [5, 5.41) is 0. The lowest BCUT2D eigenvalue weighted by atomic mass is 9.86. The Morgan fingerprint density at radius 1 is 1.08 bits per heavy atom. The van der Waals surface area contributed by atoms with Gasteiger partial charge in [-0.2, -0.15) is 0 Å². The summed E-state index contributed by atoms with van der Waals surface area (Å²) in [6.07, 6.45) is 0. The smallest absolute Gasteiger partial charge is 0.0413 e. The quantitative estimate of drug-likeness (QED) is 0.573. The Labute approximate surface area is 74.8 Å². The summed E-state index contributed by atoms with van der Waals surface area (Å²) < 4.78 is 0. The maximum Gasteiger partial charge on any atom is 0.0413 e. The number of aromatic nitrogens is 1. The van der Waals surface area contributed by atoms with E-state index in [4.69, 9.17) is 0 Å². The Kier molecular flexibility index (Phi) is 2.22. The summed E-state index contributed by atoms with van der Waals surface area (Å²) >= 11 is 0. The van der Waals surface area contributed by atoms with Crippen molar-refractivity contribution in [2.45, 2.75) is 40.0 Å². The van der Waals surface area contributed by atoms with Crippen molar-refractivity contribution in [3.05, 3.63) is 29.1 Å². The summed E-state index contributed by atoms with van der Waals surface area (Å²) in [6.45, 7) is 10.7. The molecule has 0 amide bonds. The molecule has 1 heteroatoms. The number of hydrogen-bond acceptors (Lipinski definition) is 1. The van der Waals surface area contributed by atoms with Crippen molar-refractivity contribution >= 4 is 0 Å². The molecule has 1 heterocycles. The second kappa shape index (κ2) is 2.89. The molecule has 1 aromatic rings. The van der Waals surface area contributed by atoms with Crippen molar-refractivity contribution in [3.8, 4) is 0 Å². The molecule has 0 fully saturated rings. The van der Waals surface area contributed by atoms with Crippen LogP contribution in [0.25, 0.3) is 0 Å². The Balaban J connectivity index is 3.19. The predicted octanol–water partition coefficient (Wildman–Crippen LogP) is 3.00. The summed E-state index contributed by atoms with van der Waals surface area (Å²) in [5.41, 5.74) is 3.81. The van der Waals surface area contributed by atoms with E-state index in [0.29, 0.717) is 0 Å². The normalized spacial score (nSPS) is 11.8. The van der Waals surface area contributed by atoms with Crippen LogP contribution in [0.1, 0.15) is 37.7 Å². The third kappa shape index (κ3) is 1.84. The van der Waals surface area contributed by atoms with E-state index in [2.05, 4.69) is 44.8 Å². The maximum atomic E-state index is 4.44. The number of aryl methyl sites for hydroxylation is 2. The van der Waals surface area contributed by atoms with Gasteiger partial charge in [0, 0.05) is 11.4 Å². The number of rotatable bonds is 0. The fraction of sp³-hybridized carbons (Fsp3) is 0.545. The highest BCUT2D eigenvalue weighted by molar-refractivity contribution is 5.27. The molecule has 12 heavy (non-hydrogen) atoms. The number of nitrogens with zero attached hydrogens (tertiary/aromatic N) is 1. The molecule has 0 spiro atoms. The van der Waals surface area contributed by atoms with Gasteiger partial charge in [-0.3, -0.25) is 4.98 Å². The van der Waals surface area contributed by atoms with Gasteiger partial charge in [0.25, 0.3) is 0 Å². The lowest BCUT2D eigenvalue weighted by molar-refractivity contribution is 0.581. The summed E-state index contributed by atoms with van der Waals surface area (Å²) in [6, 6.07) is 4.26. The topological polar surface area (TPSA) is 12.9 Å².